The summed E-state index contributed by atoms with van der Waals surface area (Å²) in [5.41, 5.74) is 2.53. The summed E-state index contributed by atoms with van der Waals surface area (Å²) < 4.78 is 1.77. The Bertz CT molecular complexity index is 1240. The van der Waals surface area contributed by atoms with E-state index in [2.05, 4.69) is 76.5 Å². The minimum atomic E-state index is -0.0770. The molecule has 0 atom stereocenters. The van der Waals surface area contributed by atoms with Gasteiger partial charge in [0, 0.05) is 45.3 Å². The predicted octanol–water partition coefficient (Wildman–Crippen LogP) is 6.72. The van der Waals surface area contributed by atoms with Crippen molar-refractivity contribution in [1.82, 2.24) is 25.0 Å². The third kappa shape index (κ3) is 7.48. The third-order valence-corrected chi connectivity index (χ3v) is 9.23. The second-order valence-corrected chi connectivity index (χ2v) is 12.4. The van der Waals surface area contributed by atoms with Crippen molar-refractivity contribution in [3.63, 3.8) is 0 Å². The SMILES string of the molecule is CCCC(CCC)N(Cc1ccccc1)c1ccc2c(C(=O)NC3CCN(CC4CCCCC4)CC3)nn(C)c2n1. The monoisotopic (exact) mass is 558 g/mol. The van der Waals surface area contributed by atoms with E-state index in [1.807, 2.05) is 7.05 Å². The molecule has 3 aromatic rings. The molecule has 0 radical (unpaired) electrons. The van der Waals surface area contributed by atoms with E-state index in [4.69, 9.17) is 4.98 Å². The molecule has 0 spiro atoms. The first kappa shape index (κ1) is 29.6. The molecule has 7 nitrogen and oxygen atoms in total. The Morgan fingerprint density at radius 2 is 1.68 bits per heavy atom. The fourth-order valence-corrected chi connectivity index (χ4v) is 7.00. The molecule has 41 heavy (non-hydrogen) atoms. The van der Waals surface area contributed by atoms with Crippen LogP contribution in [0.2, 0.25) is 0 Å². The van der Waals surface area contributed by atoms with Crippen LogP contribution in [0.1, 0.15) is 101 Å². The van der Waals surface area contributed by atoms with E-state index in [1.54, 1.807) is 4.68 Å². The van der Waals surface area contributed by atoms with Crippen LogP contribution >= 0.6 is 0 Å². The molecule has 7 heteroatoms. The van der Waals surface area contributed by atoms with Crippen molar-refractivity contribution in [3.05, 3.63) is 53.7 Å². The van der Waals surface area contributed by atoms with Crippen LogP contribution in [0, 0.1) is 5.92 Å². The number of rotatable bonds is 12. The van der Waals surface area contributed by atoms with Gasteiger partial charge in [-0.05, 0) is 62.1 Å². The Labute approximate surface area is 246 Å². The molecule has 2 aromatic heterocycles. The van der Waals surface area contributed by atoms with Gasteiger partial charge in [-0.15, -0.1) is 0 Å². The van der Waals surface area contributed by atoms with Crippen molar-refractivity contribution in [3.8, 4) is 0 Å². The van der Waals surface area contributed by atoms with Gasteiger partial charge in [-0.1, -0.05) is 76.3 Å². The zero-order valence-electron chi connectivity index (χ0n) is 25.5. The van der Waals surface area contributed by atoms with Crippen LogP contribution in [0.15, 0.2) is 42.5 Å². The zero-order valence-corrected chi connectivity index (χ0v) is 25.5. The standard InChI is InChI=1S/C34H50N6O/c1-4-12-29(13-5-2)40(25-27-16-10-7-11-17-27)31-19-18-30-32(37-38(3)33(30)36-31)34(41)35-28-20-22-39(23-21-28)24-26-14-8-6-9-15-26/h7,10-11,16-19,26,28-29H,4-6,8-9,12-15,20-25H2,1-3H3,(H,35,41). The number of nitrogens with zero attached hydrogens (tertiary/aromatic N) is 5. The summed E-state index contributed by atoms with van der Waals surface area (Å²) in [5.74, 6) is 1.75. The number of carbonyl (C=O) groups is 1. The molecule has 1 amide bonds. The van der Waals surface area contributed by atoms with Gasteiger partial charge in [-0.2, -0.15) is 5.10 Å². The van der Waals surface area contributed by atoms with Crippen molar-refractivity contribution >= 4 is 22.8 Å². The van der Waals surface area contributed by atoms with Crippen LogP contribution in [0.5, 0.6) is 0 Å². The lowest BCUT2D eigenvalue weighted by molar-refractivity contribution is 0.0897. The summed E-state index contributed by atoms with van der Waals surface area (Å²) >= 11 is 0. The first-order valence-corrected chi connectivity index (χ1v) is 16.2. The molecule has 1 aromatic carbocycles. The predicted molar refractivity (Wildman–Crippen MR) is 168 cm³/mol. The molecule has 0 unspecified atom stereocenters. The van der Waals surface area contributed by atoms with E-state index in [1.165, 1.54) is 44.2 Å². The molecule has 3 heterocycles. The smallest absolute Gasteiger partial charge is 0.272 e. The maximum absolute atomic E-state index is 13.4. The van der Waals surface area contributed by atoms with Crippen molar-refractivity contribution in [1.29, 1.82) is 0 Å². The van der Waals surface area contributed by atoms with E-state index in [0.717, 1.165) is 80.9 Å². The van der Waals surface area contributed by atoms with Gasteiger partial charge in [0.25, 0.3) is 5.91 Å². The number of amides is 1. The number of likely N-dealkylation sites (tertiary alicyclic amines) is 1. The second kappa shape index (κ2) is 14.3. The van der Waals surface area contributed by atoms with E-state index in [0.29, 0.717) is 11.7 Å². The minimum Gasteiger partial charge on any atom is -0.349 e. The van der Waals surface area contributed by atoms with Crippen LogP contribution in [0.3, 0.4) is 0 Å². The minimum absolute atomic E-state index is 0.0770. The van der Waals surface area contributed by atoms with Crippen molar-refractivity contribution < 1.29 is 4.79 Å². The van der Waals surface area contributed by atoms with Crippen LogP contribution < -0.4 is 10.2 Å². The van der Waals surface area contributed by atoms with Gasteiger partial charge < -0.3 is 15.1 Å². The quantitative estimate of drug-likeness (QED) is 0.267. The molecular formula is C34H50N6O. The van der Waals surface area contributed by atoms with Crippen LogP contribution in [0.4, 0.5) is 5.82 Å². The summed E-state index contributed by atoms with van der Waals surface area (Å²) in [6.07, 6.45) is 13.5. The summed E-state index contributed by atoms with van der Waals surface area (Å²) in [6.45, 7) is 8.71. The Kier molecular flexibility index (Phi) is 10.3. The molecule has 2 fully saturated rings. The van der Waals surface area contributed by atoms with Crippen LogP contribution in [-0.4, -0.2) is 57.3 Å². The van der Waals surface area contributed by atoms with Gasteiger partial charge in [0.05, 0.1) is 5.39 Å². The van der Waals surface area contributed by atoms with E-state index in [-0.39, 0.29) is 11.9 Å². The van der Waals surface area contributed by atoms with Gasteiger partial charge in [0.15, 0.2) is 11.3 Å². The average molecular weight is 559 g/mol. The number of piperidine rings is 1. The number of pyridine rings is 1. The van der Waals surface area contributed by atoms with Gasteiger partial charge in [0.1, 0.15) is 5.82 Å². The number of hydrogen-bond acceptors (Lipinski definition) is 5. The van der Waals surface area contributed by atoms with E-state index >= 15 is 0 Å². The molecule has 222 valence electrons. The van der Waals surface area contributed by atoms with Crippen molar-refractivity contribution in [2.24, 2.45) is 13.0 Å². The number of nitrogens with one attached hydrogen (secondary N) is 1. The summed E-state index contributed by atoms with van der Waals surface area (Å²) in [4.78, 5) is 23.6. The number of hydrogen-bond donors (Lipinski definition) is 1. The first-order chi connectivity index (χ1) is 20.1. The summed E-state index contributed by atoms with van der Waals surface area (Å²) in [7, 11) is 1.90. The Balaban J connectivity index is 1.28. The van der Waals surface area contributed by atoms with Gasteiger partial charge in [0.2, 0.25) is 0 Å². The molecule has 1 aliphatic carbocycles. The molecular weight excluding hydrogens is 508 g/mol. The lowest BCUT2D eigenvalue weighted by Gasteiger charge is -2.35. The Morgan fingerprint density at radius 3 is 2.37 bits per heavy atom. The van der Waals surface area contributed by atoms with Gasteiger partial charge in [-0.25, -0.2) is 9.67 Å². The fourth-order valence-electron chi connectivity index (χ4n) is 7.00. The molecule has 0 bridgehead atoms. The molecule has 5 rings (SSSR count). The zero-order chi connectivity index (χ0) is 28.6. The highest BCUT2D eigenvalue weighted by molar-refractivity contribution is 6.04. The molecule has 2 aliphatic rings. The fraction of sp³-hybridized carbons (Fsp3) is 0.618. The first-order valence-electron chi connectivity index (χ1n) is 16.2. The van der Waals surface area contributed by atoms with Gasteiger partial charge >= 0.3 is 0 Å². The van der Waals surface area contributed by atoms with Crippen molar-refractivity contribution in [2.75, 3.05) is 24.5 Å². The topological polar surface area (TPSA) is 66.3 Å². The molecule has 1 aliphatic heterocycles. The number of fused-ring (bicyclic) bond motifs is 1. The number of aryl methyl sites for hydroxylation is 1. The summed E-state index contributed by atoms with van der Waals surface area (Å²) in [6, 6.07) is 15.4. The van der Waals surface area contributed by atoms with Crippen LogP contribution in [-0.2, 0) is 13.6 Å². The summed E-state index contributed by atoms with van der Waals surface area (Å²) in [5, 5.41) is 8.79. The Morgan fingerprint density at radius 1 is 0.976 bits per heavy atom. The lowest BCUT2D eigenvalue weighted by atomic mass is 9.88. The second-order valence-electron chi connectivity index (χ2n) is 12.4. The maximum Gasteiger partial charge on any atom is 0.272 e. The lowest BCUT2D eigenvalue weighted by Crippen LogP contribution is -2.46. The number of anilines is 1. The normalized spacial score (nSPS) is 17.4. The third-order valence-electron chi connectivity index (χ3n) is 9.23. The van der Waals surface area contributed by atoms with Gasteiger partial charge in [-0.3, -0.25) is 4.79 Å². The highest BCUT2D eigenvalue weighted by atomic mass is 16.2. The molecule has 1 saturated heterocycles. The maximum atomic E-state index is 13.4. The number of aromatic nitrogens is 3. The number of carbonyl (C=O) groups excluding carboxylic acids is 1. The number of benzene rings is 1. The van der Waals surface area contributed by atoms with Crippen molar-refractivity contribution in [2.45, 2.75) is 103 Å². The average Bonchev–Trinajstić information content (AvgIpc) is 3.33. The largest absolute Gasteiger partial charge is 0.349 e. The highest BCUT2D eigenvalue weighted by Gasteiger charge is 2.27. The van der Waals surface area contributed by atoms with E-state index < -0.39 is 0 Å². The van der Waals surface area contributed by atoms with Crippen LogP contribution in [0.25, 0.3) is 11.0 Å². The molecule has 1 saturated carbocycles. The molecule has 1 N–H and O–H groups in total. The Hall–Kier alpha value is -2.93. The highest BCUT2D eigenvalue weighted by Crippen LogP contribution is 2.28. The van der Waals surface area contributed by atoms with E-state index in [9.17, 15) is 4.79 Å².